The molecule has 0 aliphatic carbocycles. The highest BCUT2D eigenvalue weighted by molar-refractivity contribution is 5.58. The van der Waals surface area contributed by atoms with Crippen molar-refractivity contribution in [2.45, 2.75) is 19.5 Å². The van der Waals surface area contributed by atoms with Gasteiger partial charge in [0.1, 0.15) is 12.0 Å². The maximum atomic E-state index is 5.61. The quantitative estimate of drug-likeness (QED) is 0.546. The van der Waals surface area contributed by atoms with Crippen LogP contribution in [0.4, 0.5) is 0 Å². The van der Waals surface area contributed by atoms with Gasteiger partial charge in [0.05, 0.1) is 0 Å². The summed E-state index contributed by atoms with van der Waals surface area (Å²) < 4.78 is 9.64. The van der Waals surface area contributed by atoms with Crippen LogP contribution in [0.25, 0.3) is 23.0 Å². The van der Waals surface area contributed by atoms with Crippen LogP contribution in [-0.2, 0) is 13.1 Å². The van der Waals surface area contributed by atoms with Gasteiger partial charge in [-0.25, -0.2) is 9.97 Å². The second-order valence-corrected chi connectivity index (χ2v) is 5.47. The molecule has 3 heterocycles. The molecule has 6 nitrogen and oxygen atoms in total. The molecule has 0 N–H and O–H groups in total. The number of rotatable bonds is 6. The Bertz CT molecular complexity index is 893. The van der Waals surface area contributed by atoms with Crippen molar-refractivity contribution in [3.63, 3.8) is 0 Å². The maximum absolute atomic E-state index is 5.61. The van der Waals surface area contributed by atoms with E-state index in [2.05, 4.69) is 19.6 Å². The summed E-state index contributed by atoms with van der Waals surface area (Å²) in [5.74, 6) is 1.43. The molecule has 1 aromatic carbocycles. The van der Waals surface area contributed by atoms with Crippen molar-refractivity contribution < 1.29 is 4.42 Å². The number of aromatic nitrogens is 5. The van der Waals surface area contributed by atoms with E-state index in [9.17, 15) is 0 Å². The fraction of sp³-hybridized carbons (Fsp3) is 0.167. The molecule has 0 spiro atoms. The maximum Gasteiger partial charge on any atom is 0.226 e. The summed E-state index contributed by atoms with van der Waals surface area (Å²) in [7, 11) is 0. The summed E-state index contributed by atoms with van der Waals surface area (Å²) in [6.45, 7) is 1.72. The van der Waals surface area contributed by atoms with Crippen molar-refractivity contribution in [3.05, 3.63) is 67.4 Å². The number of nitrogens with zero attached hydrogens (tertiary/aromatic N) is 5. The zero-order chi connectivity index (χ0) is 16.2. The van der Waals surface area contributed by atoms with E-state index in [1.807, 2.05) is 53.5 Å². The summed E-state index contributed by atoms with van der Waals surface area (Å²) in [5.41, 5.74) is 1.71. The van der Waals surface area contributed by atoms with Crippen molar-refractivity contribution in [3.8, 4) is 23.0 Å². The van der Waals surface area contributed by atoms with E-state index >= 15 is 0 Å². The number of hydrogen-bond acceptors (Lipinski definition) is 4. The second-order valence-electron chi connectivity index (χ2n) is 5.47. The molecule has 0 amide bonds. The minimum absolute atomic E-state index is 0.608. The molecule has 4 aromatic rings. The summed E-state index contributed by atoms with van der Waals surface area (Å²) in [4.78, 5) is 9.00. The van der Waals surface area contributed by atoms with Gasteiger partial charge < -0.3 is 8.98 Å². The van der Waals surface area contributed by atoms with Crippen molar-refractivity contribution in [1.29, 1.82) is 0 Å². The molecule has 0 radical (unpaired) electrons. The Balaban J connectivity index is 1.49. The number of imidazole rings is 1. The smallest absolute Gasteiger partial charge is 0.226 e. The summed E-state index contributed by atoms with van der Waals surface area (Å²) in [6.07, 6.45) is 10.2. The molecule has 0 fully saturated rings. The molecule has 0 aliphatic heterocycles. The van der Waals surface area contributed by atoms with Crippen LogP contribution in [0.15, 0.2) is 71.9 Å². The first-order valence-corrected chi connectivity index (χ1v) is 7.90. The zero-order valence-corrected chi connectivity index (χ0v) is 13.1. The van der Waals surface area contributed by atoms with Gasteiger partial charge >= 0.3 is 0 Å². The minimum Gasteiger partial charge on any atom is -0.444 e. The topological polar surface area (TPSA) is 61.7 Å². The van der Waals surface area contributed by atoms with E-state index in [-0.39, 0.29) is 0 Å². The van der Waals surface area contributed by atoms with Gasteiger partial charge in [0, 0.05) is 43.4 Å². The third kappa shape index (κ3) is 2.99. The van der Waals surface area contributed by atoms with Gasteiger partial charge in [0.25, 0.3) is 0 Å². The molecule has 0 saturated carbocycles. The van der Waals surface area contributed by atoms with E-state index < -0.39 is 0 Å². The average molecular weight is 319 g/mol. The highest BCUT2D eigenvalue weighted by Crippen LogP contribution is 2.23. The predicted octanol–water partition coefficient (Wildman–Crippen LogP) is 3.49. The van der Waals surface area contributed by atoms with Gasteiger partial charge in [0.2, 0.25) is 5.89 Å². The fourth-order valence-corrected chi connectivity index (χ4v) is 2.65. The predicted molar refractivity (Wildman–Crippen MR) is 90.0 cm³/mol. The zero-order valence-electron chi connectivity index (χ0n) is 13.1. The lowest BCUT2D eigenvalue weighted by Crippen LogP contribution is -2.05. The number of hydrogen-bond donors (Lipinski definition) is 0. The lowest BCUT2D eigenvalue weighted by atomic mass is 10.2. The van der Waals surface area contributed by atoms with Crippen LogP contribution >= 0.6 is 0 Å². The van der Waals surface area contributed by atoms with Crippen LogP contribution in [0.5, 0.6) is 0 Å². The van der Waals surface area contributed by atoms with Crippen LogP contribution in [0.1, 0.15) is 6.42 Å². The Morgan fingerprint density at radius 2 is 1.88 bits per heavy atom. The third-order valence-corrected chi connectivity index (χ3v) is 3.81. The van der Waals surface area contributed by atoms with Crippen LogP contribution in [0, 0.1) is 0 Å². The average Bonchev–Trinajstić information content (AvgIpc) is 3.37. The second kappa shape index (κ2) is 6.54. The lowest BCUT2D eigenvalue weighted by Gasteiger charge is -2.06. The molecule has 0 saturated heterocycles. The van der Waals surface area contributed by atoms with Crippen LogP contribution in [-0.4, -0.2) is 24.3 Å². The largest absolute Gasteiger partial charge is 0.444 e. The van der Waals surface area contributed by atoms with E-state index in [0.29, 0.717) is 5.89 Å². The van der Waals surface area contributed by atoms with Gasteiger partial charge in [-0.1, -0.05) is 18.2 Å². The van der Waals surface area contributed by atoms with Crippen molar-refractivity contribution in [2.75, 3.05) is 0 Å². The first-order valence-electron chi connectivity index (χ1n) is 7.90. The summed E-state index contributed by atoms with van der Waals surface area (Å²) in [5, 5.41) is 4.22. The standard InChI is InChI=1S/C18H17N5O/c1-2-6-15(7-3-1)18-21-16(14-24-18)17-19-9-13-22(17)10-5-12-23-11-4-8-20-23/h1-4,6-9,11,13-14H,5,10,12H2. The molecule has 0 bridgehead atoms. The molecule has 4 rings (SSSR count). The molecule has 120 valence electrons. The molecule has 6 heteroatoms. The van der Waals surface area contributed by atoms with E-state index in [4.69, 9.17) is 4.42 Å². The van der Waals surface area contributed by atoms with Crippen molar-refractivity contribution in [1.82, 2.24) is 24.3 Å². The number of aryl methyl sites for hydroxylation is 2. The minimum atomic E-state index is 0.608. The summed E-state index contributed by atoms with van der Waals surface area (Å²) in [6, 6.07) is 11.8. The molecule has 0 unspecified atom stereocenters. The SMILES string of the molecule is c1ccc(-c2nc(-c3nccn3CCCn3cccn3)co2)cc1. The van der Waals surface area contributed by atoms with Crippen molar-refractivity contribution in [2.24, 2.45) is 0 Å². The molecule has 0 aliphatic rings. The highest BCUT2D eigenvalue weighted by Gasteiger charge is 2.12. The van der Waals surface area contributed by atoms with Gasteiger partial charge in [-0.05, 0) is 24.6 Å². The Morgan fingerprint density at radius 1 is 0.958 bits per heavy atom. The van der Waals surface area contributed by atoms with Gasteiger partial charge in [-0.15, -0.1) is 0 Å². The highest BCUT2D eigenvalue weighted by atomic mass is 16.3. The number of benzene rings is 1. The van der Waals surface area contributed by atoms with E-state index in [0.717, 1.165) is 36.6 Å². The first-order chi connectivity index (χ1) is 11.9. The molecule has 24 heavy (non-hydrogen) atoms. The monoisotopic (exact) mass is 319 g/mol. The Labute approximate surface area is 139 Å². The first kappa shape index (κ1) is 14.4. The molecule has 0 atom stereocenters. The molecular formula is C18H17N5O. The van der Waals surface area contributed by atoms with Crippen LogP contribution in [0.3, 0.4) is 0 Å². The number of oxazole rings is 1. The Kier molecular flexibility index (Phi) is 3.93. The van der Waals surface area contributed by atoms with E-state index in [1.54, 1.807) is 18.7 Å². The van der Waals surface area contributed by atoms with Crippen molar-refractivity contribution >= 4 is 0 Å². The normalized spacial score (nSPS) is 11.0. The molecule has 3 aromatic heterocycles. The third-order valence-electron chi connectivity index (χ3n) is 3.81. The van der Waals surface area contributed by atoms with Crippen LogP contribution < -0.4 is 0 Å². The Hall–Kier alpha value is -3.15. The van der Waals surface area contributed by atoms with Gasteiger partial charge in [-0.2, -0.15) is 5.10 Å². The Morgan fingerprint density at radius 3 is 2.71 bits per heavy atom. The lowest BCUT2D eigenvalue weighted by molar-refractivity contribution is 0.528. The van der Waals surface area contributed by atoms with Crippen LogP contribution in [0.2, 0.25) is 0 Å². The van der Waals surface area contributed by atoms with E-state index in [1.165, 1.54) is 0 Å². The molecular weight excluding hydrogens is 302 g/mol. The van der Waals surface area contributed by atoms with Gasteiger partial charge in [-0.3, -0.25) is 4.68 Å². The fourth-order valence-electron chi connectivity index (χ4n) is 2.65. The summed E-state index contributed by atoms with van der Waals surface area (Å²) >= 11 is 0. The van der Waals surface area contributed by atoms with Gasteiger partial charge in [0.15, 0.2) is 5.82 Å².